The Morgan fingerprint density at radius 3 is 2.89 bits per heavy atom. The maximum Gasteiger partial charge on any atom is 0.142 e. The molecule has 4 rings (SSSR count). The van der Waals surface area contributed by atoms with Crippen molar-refractivity contribution in [1.82, 2.24) is 0 Å². The van der Waals surface area contributed by atoms with Gasteiger partial charge in [0, 0.05) is 5.56 Å². The summed E-state index contributed by atoms with van der Waals surface area (Å²) in [6.45, 7) is 0. The van der Waals surface area contributed by atoms with E-state index in [-0.39, 0.29) is 6.10 Å². The van der Waals surface area contributed by atoms with Crippen molar-refractivity contribution in [3.8, 4) is 5.75 Å². The normalized spacial score (nSPS) is 20.0. The molecule has 1 aliphatic heterocycles. The highest BCUT2D eigenvalue weighted by Crippen LogP contribution is 2.36. The molecule has 0 amide bonds. The van der Waals surface area contributed by atoms with Gasteiger partial charge in [0.2, 0.25) is 0 Å². The lowest BCUT2D eigenvalue weighted by atomic mass is 9.95. The summed E-state index contributed by atoms with van der Waals surface area (Å²) in [7, 11) is 0. The number of fused-ring (bicyclic) bond motifs is 4. The molecule has 1 unspecified atom stereocenters. The van der Waals surface area contributed by atoms with Gasteiger partial charge in [-0.05, 0) is 34.6 Å². The standard InChI is InChI=1S/C17H12O/c1-3-7-14-12(5-1)9-10-17-15(14)11-13-6-2-4-8-16(13)18-17/h1-11,16H. The molecule has 2 aromatic carbocycles. The van der Waals surface area contributed by atoms with Crippen LogP contribution >= 0.6 is 0 Å². The summed E-state index contributed by atoms with van der Waals surface area (Å²) in [5.74, 6) is 0.974. The summed E-state index contributed by atoms with van der Waals surface area (Å²) in [5, 5.41) is 2.51. The van der Waals surface area contributed by atoms with Gasteiger partial charge >= 0.3 is 0 Å². The quantitative estimate of drug-likeness (QED) is 0.664. The molecule has 18 heavy (non-hydrogen) atoms. The van der Waals surface area contributed by atoms with Crippen LogP contribution in [0.2, 0.25) is 0 Å². The van der Waals surface area contributed by atoms with E-state index >= 15 is 0 Å². The van der Waals surface area contributed by atoms with Gasteiger partial charge in [-0.2, -0.15) is 0 Å². The van der Waals surface area contributed by atoms with E-state index in [2.05, 4.69) is 60.7 Å². The van der Waals surface area contributed by atoms with Gasteiger partial charge in [0.05, 0.1) is 0 Å². The molecule has 0 aromatic heterocycles. The topological polar surface area (TPSA) is 9.23 Å². The molecule has 0 radical (unpaired) electrons. The molecule has 1 nitrogen and oxygen atoms in total. The monoisotopic (exact) mass is 232 g/mol. The van der Waals surface area contributed by atoms with Gasteiger partial charge in [-0.25, -0.2) is 0 Å². The number of hydrogen-bond donors (Lipinski definition) is 0. The summed E-state index contributed by atoms with van der Waals surface area (Å²) >= 11 is 0. The van der Waals surface area contributed by atoms with Crippen LogP contribution in [0.1, 0.15) is 5.56 Å². The molecule has 0 N–H and O–H groups in total. The van der Waals surface area contributed by atoms with Gasteiger partial charge in [-0.3, -0.25) is 0 Å². The molecule has 1 atom stereocenters. The van der Waals surface area contributed by atoms with E-state index in [1.807, 2.05) is 6.08 Å². The van der Waals surface area contributed by atoms with Crippen LogP contribution in [0.5, 0.6) is 5.75 Å². The fourth-order valence-corrected chi connectivity index (χ4v) is 2.61. The van der Waals surface area contributed by atoms with Crippen LogP contribution in [-0.2, 0) is 0 Å². The molecule has 0 spiro atoms. The Balaban J connectivity index is 2.01. The summed E-state index contributed by atoms with van der Waals surface area (Å²) in [6, 6.07) is 12.6. The van der Waals surface area contributed by atoms with Crippen molar-refractivity contribution in [3.05, 3.63) is 71.8 Å². The zero-order chi connectivity index (χ0) is 11.9. The van der Waals surface area contributed by atoms with Crippen LogP contribution in [0.4, 0.5) is 0 Å². The first kappa shape index (κ1) is 9.72. The summed E-state index contributed by atoms with van der Waals surface area (Å²) in [6.07, 6.45) is 10.6. The second-order valence-corrected chi connectivity index (χ2v) is 4.63. The van der Waals surface area contributed by atoms with Crippen molar-refractivity contribution >= 4 is 16.8 Å². The predicted molar refractivity (Wildman–Crippen MR) is 74.6 cm³/mol. The maximum atomic E-state index is 6.04. The van der Waals surface area contributed by atoms with Crippen LogP contribution in [-0.4, -0.2) is 6.10 Å². The second-order valence-electron chi connectivity index (χ2n) is 4.63. The van der Waals surface area contributed by atoms with Gasteiger partial charge in [-0.15, -0.1) is 0 Å². The van der Waals surface area contributed by atoms with Gasteiger partial charge in [0.15, 0.2) is 0 Å². The lowest BCUT2D eigenvalue weighted by Crippen LogP contribution is -2.20. The third-order valence-corrected chi connectivity index (χ3v) is 3.51. The van der Waals surface area contributed by atoms with E-state index in [1.165, 1.54) is 21.9 Å². The molecular weight excluding hydrogens is 220 g/mol. The molecule has 0 saturated heterocycles. The lowest BCUT2D eigenvalue weighted by Gasteiger charge is -2.25. The van der Waals surface area contributed by atoms with E-state index in [9.17, 15) is 0 Å². The third kappa shape index (κ3) is 1.34. The fraction of sp³-hybridized carbons (Fsp3) is 0.0588. The molecule has 1 heteroatoms. The van der Waals surface area contributed by atoms with Crippen LogP contribution in [0.25, 0.3) is 16.8 Å². The number of rotatable bonds is 0. The Labute approximate surface area is 106 Å². The van der Waals surface area contributed by atoms with E-state index in [1.54, 1.807) is 0 Å². The van der Waals surface area contributed by atoms with Crippen LogP contribution in [0.3, 0.4) is 0 Å². The van der Waals surface area contributed by atoms with Crippen LogP contribution in [0.15, 0.2) is 66.3 Å². The van der Waals surface area contributed by atoms with E-state index in [4.69, 9.17) is 4.74 Å². The largest absolute Gasteiger partial charge is 0.481 e. The van der Waals surface area contributed by atoms with Gasteiger partial charge in [-0.1, -0.05) is 48.6 Å². The van der Waals surface area contributed by atoms with Crippen molar-refractivity contribution < 1.29 is 4.74 Å². The number of hydrogen-bond acceptors (Lipinski definition) is 1. The Hall–Kier alpha value is -2.28. The highest BCUT2D eigenvalue weighted by Gasteiger charge is 2.21. The smallest absolute Gasteiger partial charge is 0.142 e. The molecule has 0 fully saturated rings. The zero-order valence-corrected chi connectivity index (χ0v) is 9.84. The molecule has 2 aromatic rings. The number of benzene rings is 2. The van der Waals surface area contributed by atoms with Gasteiger partial charge in [0.1, 0.15) is 11.9 Å². The average molecular weight is 232 g/mol. The van der Waals surface area contributed by atoms with Gasteiger partial charge in [0.25, 0.3) is 0 Å². The van der Waals surface area contributed by atoms with E-state index < -0.39 is 0 Å². The minimum absolute atomic E-state index is 0.0728. The molecule has 0 saturated carbocycles. The summed E-state index contributed by atoms with van der Waals surface area (Å²) in [4.78, 5) is 0. The highest BCUT2D eigenvalue weighted by molar-refractivity contribution is 5.94. The van der Waals surface area contributed by atoms with Crippen molar-refractivity contribution in [2.45, 2.75) is 6.10 Å². The van der Waals surface area contributed by atoms with Gasteiger partial charge < -0.3 is 4.74 Å². The van der Waals surface area contributed by atoms with Crippen LogP contribution in [0, 0.1) is 0 Å². The SMILES string of the molecule is C1=CC2=Cc3c(ccc4ccccc34)OC2C=C1. The Kier molecular flexibility index (Phi) is 1.95. The third-order valence-electron chi connectivity index (χ3n) is 3.51. The Morgan fingerprint density at radius 2 is 1.89 bits per heavy atom. The summed E-state index contributed by atoms with van der Waals surface area (Å²) < 4.78 is 6.04. The van der Waals surface area contributed by atoms with Crippen molar-refractivity contribution in [2.75, 3.05) is 0 Å². The first-order valence-electron chi connectivity index (χ1n) is 6.17. The van der Waals surface area contributed by atoms with E-state index in [0.717, 1.165) is 5.75 Å². The number of allylic oxidation sites excluding steroid dienone is 2. The average Bonchev–Trinajstić information content (AvgIpc) is 2.45. The first-order valence-corrected chi connectivity index (χ1v) is 6.17. The number of ether oxygens (including phenoxy) is 1. The maximum absolute atomic E-state index is 6.04. The highest BCUT2D eigenvalue weighted by atomic mass is 16.5. The zero-order valence-electron chi connectivity index (χ0n) is 9.84. The minimum Gasteiger partial charge on any atom is -0.481 e. The summed E-state index contributed by atoms with van der Waals surface area (Å²) in [5.41, 5.74) is 2.42. The molecule has 1 aliphatic carbocycles. The second kappa shape index (κ2) is 3.61. The van der Waals surface area contributed by atoms with Crippen LogP contribution < -0.4 is 4.74 Å². The Morgan fingerprint density at radius 1 is 0.944 bits per heavy atom. The molecule has 86 valence electrons. The van der Waals surface area contributed by atoms with Crippen molar-refractivity contribution in [3.63, 3.8) is 0 Å². The Bertz CT molecular complexity index is 719. The molecule has 2 aliphatic rings. The lowest BCUT2D eigenvalue weighted by molar-refractivity contribution is 0.283. The minimum atomic E-state index is 0.0728. The fourth-order valence-electron chi connectivity index (χ4n) is 2.61. The predicted octanol–water partition coefficient (Wildman–Crippen LogP) is 4.11. The van der Waals surface area contributed by atoms with Crippen molar-refractivity contribution in [2.24, 2.45) is 0 Å². The first-order chi connectivity index (χ1) is 8.92. The molecule has 0 bridgehead atoms. The van der Waals surface area contributed by atoms with E-state index in [0.29, 0.717) is 0 Å². The molecule has 1 heterocycles. The van der Waals surface area contributed by atoms with Crippen molar-refractivity contribution in [1.29, 1.82) is 0 Å². The molecular formula is C17H12O.